The molecule has 1 aliphatic rings. The number of cyclic esters (lactones) is 1. The fourth-order valence-electron chi connectivity index (χ4n) is 3.23. The molecule has 3 nitrogen and oxygen atoms in total. The van der Waals surface area contributed by atoms with Crippen molar-refractivity contribution in [2.24, 2.45) is 0 Å². The van der Waals surface area contributed by atoms with Crippen molar-refractivity contribution in [1.82, 2.24) is 0 Å². The first-order valence-corrected chi connectivity index (χ1v) is 8.96. The molecule has 128 valence electrons. The van der Waals surface area contributed by atoms with Gasteiger partial charge in [0.05, 0.1) is 11.1 Å². The lowest BCUT2D eigenvalue weighted by molar-refractivity contribution is -0.178. The molecule has 0 aromatic heterocycles. The van der Waals surface area contributed by atoms with Crippen molar-refractivity contribution in [2.45, 2.75) is 5.79 Å². The zero-order valence-corrected chi connectivity index (χ0v) is 15.3. The molecular formula is C22H15BrO3. The smallest absolute Gasteiger partial charge is 0.342 e. The third-order valence-electron chi connectivity index (χ3n) is 4.37. The van der Waals surface area contributed by atoms with Crippen molar-refractivity contribution < 1.29 is 14.6 Å². The highest BCUT2D eigenvalue weighted by molar-refractivity contribution is 9.10. The molecule has 0 radical (unpaired) electrons. The molecule has 1 N–H and O–H groups in total. The Kier molecular flexibility index (Phi) is 4.23. The van der Waals surface area contributed by atoms with Crippen molar-refractivity contribution in [3.05, 3.63) is 106 Å². The normalized spacial score (nSPS) is 19.5. The largest absolute Gasteiger partial charge is 0.421 e. The Morgan fingerprint density at radius 2 is 1.42 bits per heavy atom. The standard InChI is InChI=1S/C22H15BrO3/c23-18-13-7-10-16(14-18)19-20(15-8-3-1-4-9-15)22(25,26-21(19)24)17-11-5-2-6-12-17/h1-14,25H. The Labute approximate surface area is 159 Å². The van der Waals surface area contributed by atoms with E-state index >= 15 is 0 Å². The fourth-order valence-corrected chi connectivity index (χ4v) is 3.63. The van der Waals surface area contributed by atoms with Gasteiger partial charge in [0.15, 0.2) is 0 Å². The summed E-state index contributed by atoms with van der Waals surface area (Å²) in [5.41, 5.74) is 2.75. The highest BCUT2D eigenvalue weighted by Crippen LogP contribution is 2.48. The molecule has 1 heterocycles. The Bertz CT molecular complexity index is 996. The minimum absolute atomic E-state index is 0.365. The lowest BCUT2D eigenvalue weighted by Gasteiger charge is -2.25. The van der Waals surface area contributed by atoms with Gasteiger partial charge in [0.25, 0.3) is 5.79 Å². The zero-order valence-electron chi connectivity index (χ0n) is 13.7. The molecule has 0 amide bonds. The summed E-state index contributed by atoms with van der Waals surface area (Å²) in [6.07, 6.45) is 0. The van der Waals surface area contributed by atoms with Crippen LogP contribution in [0.1, 0.15) is 16.7 Å². The number of aliphatic hydroxyl groups is 1. The molecule has 3 aromatic rings. The van der Waals surface area contributed by atoms with Crippen LogP contribution in [-0.4, -0.2) is 11.1 Å². The van der Waals surface area contributed by atoms with E-state index in [2.05, 4.69) is 15.9 Å². The molecule has 1 aliphatic heterocycles. The van der Waals surface area contributed by atoms with Gasteiger partial charge < -0.3 is 9.84 Å². The summed E-state index contributed by atoms with van der Waals surface area (Å²) < 4.78 is 6.38. The number of esters is 1. The van der Waals surface area contributed by atoms with E-state index in [4.69, 9.17) is 4.74 Å². The fraction of sp³-hybridized carbons (Fsp3) is 0.0455. The Morgan fingerprint density at radius 1 is 0.808 bits per heavy atom. The predicted octanol–water partition coefficient (Wildman–Crippen LogP) is 4.76. The lowest BCUT2D eigenvalue weighted by atomic mass is 9.87. The van der Waals surface area contributed by atoms with E-state index in [0.29, 0.717) is 22.3 Å². The summed E-state index contributed by atoms with van der Waals surface area (Å²) in [4.78, 5) is 12.8. The number of hydrogen-bond acceptors (Lipinski definition) is 3. The van der Waals surface area contributed by atoms with E-state index in [-0.39, 0.29) is 0 Å². The third-order valence-corrected chi connectivity index (χ3v) is 4.87. The van der Waals surface area contributed by atoms with Gasteiger partial charge in [-0.15, -0.1) is 0 Å². The summed E-state index contributed by atoms with van der Waals surface area (Å²) in [6, 6.07) is 25.7. The van der Waals surface area contributed by atoms with Gasteiger partial charge in [-0.2, -0.15) is 0 Å². The van der Waals surface area contributed by atoms with Crippen LogP contribution in [0.4, 0.5) is 0 Å². The van der Waals surface area contributed by atoms with Crippen LogP contribution in [0.5, 0.6) is 0 Å². The molecule has 1 unspecified atom stereocenters. The monoisotopic (exact) mass is 406 g/mol. The van der Waals surface area contributed by atoms with Crippen molar-refractivity contribution in [3.63, 3.8) is 0 Å². The number of ether oxygens (including phenoxy) is 1. The highest BCUT2D eigenvalue weighted by atomic mass is 79.9. The van der Waals surface area contributed by atoms with E-state index in [1.165, 1.54) is 0 Å². The average molecular weight is 407 g/mol. The maximum absolute atomic E-state index is 12.8. The molecule has 1 atom stereocenters. The molecular weight excluding hydrogens is 392 g/mol. The van der Waals surface area contributed by atoms with E-state index in [9.17, 15) is 9.90 Å². The second-order valence-corrected chi connectivity index (χ2v) is 6.94. The first-order valence-electron chi connectivity index (χ1n) is 8.17. The van der Waals surface area contributed by atoms with Crippen LogP contribution in [0.2, 0.25) is 0 Å². The van der Waals surface area contributed by atoms with Gasteiger partial charge >= 0.3 is 5.97 Å². The second kappa shape index (κ2) is 6.56. The number of hydrogen-bond donors (Lipinski definition) is 1. The highest BCUT2D eigenvalue weighted by Gasteiger charge is 2.48. The predicted molar refractivity (Wildman–Crippen MR) is 104 cm³/mol. The van der Waals surface area contributed by atoms with E-state index in [0.717, 1.165) is 10.0 Å². The van der Waals surface area contributed by atoms with Gasteiger partial charge in [0, 0.05) is 10.0 Å². The lowest BCUT2D eigenvalue weighted by Crippen LogP contribution is -2.28. The molecule has 26 heavy (non-hydrogen) atoms. The van der Waals surface area contributed by atoms with Crippen LogP contribution in [0.15, 0.2) is 89.4 Å². The Morgan fingerprint density at radius 3 is 2.08 bits per heavy atom. The van der Waals surface area contributed by atoms with Crippen molar-refractivity contribution in [1.29, 1.82) is 0 Å². The van der Waals surface area contributed by atoms with Crippen LogP contribution >= 0.6 is 15.9 Å². The Balaban J connectivity index is 2.02. The summed E-state index contributed by atoms with van der Waals surface area (Å²) in [5.74, 6) is -2.38. The maximum Gasteiger partial charge on any atom is 0.342 e. The van der Waals surface area contributed by atoms with Crippen LogP contribution < -0.4 is 0 Å². The van der Waals surface area contributed by atoms with Gasteiger partial charge in [0.2, 0.25) is 0 Å². The average Bonchev–Trinajstić information content (AvgIpc) is 2.95. The number of carbonyl (C=O) groups is 1. The molecule has 0 aliphatic carbocycles. The number of rotatable bonds is 3. The van der Waals surface area contributed by atoms with Crippen LogP contribution in [0.3, 0.4) is 0 Å². The third kappa shape index (κ3) is 2.77. The van der Waals surface area contributed by atoms with Gasteiger partial charge in [-0.1, -0.05) is 88.7 Å². The number of halogens is 1. The molecule has 0 saturated carbocycles. The van der Waals surface area contributed by atoms with E-state index < -0.39 is 11.8 Å². The van der Waals surface area contributed by atoms with Gasteiger partial charge in [0.1, 0.15) is 0 Å². The van der Waals surface area contributed by atoms with Crippen LogP contribution in [0, 0.1) is 0 Å². The first kappa shape index (κ1) is 16.8. The van der Waals surface area contributed by atoms with Crippen LogP contribution in [0.25, 0.3) is 11.1 Å². The zero-order chi connectivity index (χ0) is 18.1. The molecule has 0 fully saturated rings. The summed E-state index contributed by atoms with van der Waals surface area (Å²) in [6.45, 7) is 0. The Hall–Kier alpha value is -2.69. The molecule has 3 aromatic carbocycles. The quantitative estimate of drug-likeness (QED) is 0.637. The number of carbonyl (C=O) groups excluding carboxylic acids is 1. The second-order valence-electron chi connectivity index (χ2n) is 6.03. The molecule has 4 heteroatoms. The molecule has 0 saturated heterocycles. The SMILES string of the molecule is O=C1OC(O)(c2ccccc2)C(c2ccccc2)=C1c1cccc(Br)c1. The molecule has 0 spiro atoms. The van der Waals surface area contributed by atoms with Gasteiger partial charge in [-0.3, -0.25) is 0 Å². The van der Waals surface area contributed by atoms with E-state index in [1.54, 1.807) is 24.3 Å². The van der Waals surface area contributed by atoms with Crippen molar-refractivity contribution in [2.75, 3.05) is 0 Å². The van der Waals surface area contributed by atoms with E-state index in [1.807, 2.05) is 60.7 Å². The van der Waals surface area contributed by atoms with Crippen molar-refractivity contribution in [3.8, 4) is 0 Å². The van der Waals surface area contributed by atoms with Gasteiger partial charge in [-0.25, -0.2) is 4.79 Å². The van der Waals surface area contributed by atoms with Crippen LogP contribution in [-0.2, 0) is 15.3 Å². The summed E-state index contributed by atoms with van der Waals surface area (Å²) in [5, 5.41) is 11.4. The minimum Gasteiger partial charge on any atom is -0.421 e. The molecule has 4 rings (SSSR count). The van der Waals surface area contributed by atoms with Gasteiger partial charge in [-0.05, 0) is 23.3 Å². The first-order chi connectivity index (χ1) is 12.6. The number of benzene rings is 3. The molecule has 0 bridgehead atoms. The topological polar surface area (TPSA) is 46.5 Å². The summed E-state index contributed by atoms with van der Waals surface area (Å²) in [7, 11) is 0. The minimum atomic E-state index is -1.84. The van der Waals surface area contributed by atoms with Crippen molar-refractivity contribution >= 4 is 33.0 Å². The maximum atomic E-state index is 12.8. The summed E-state index contributed by atoms with van der Waals surface area (Å²) >= 11 is 3.44.